The molecule has 0 unspecified atom stereocenters. The number of ether oxygens (including phenoxy) is 1. The molecule has 0 bridgehead atoms. The Labute approximate surface area is 106 Å². The zero-order valence-corrected chi connectivity index (χ0v) is 11.4. The van der Waals surface area contributed by atoms with Crippen LogP contribution in [-0.2, 0) is 14.8 Å². The lowest BCUT2D eigenvalue weighted by Crippen LogP contribution is -2.26. The first-order valence-corrected chi connectivity index (χ1v) is 8.05. The summed E-state index contributed by atoms with van der Waals surface area (Å²) in [6.45, 7) is 3.15. The van der Waals surface area contributed by atoms with Gasteiger partial charge in [0.2, 0.25) is 10.0 Å². The third-order valence-corrected chi connectivity index (χ3v) is 5.72. The molecule has 17 heavy (non-hydrogen) atoms. The molecule has 1 aromatic heterocycles. The molecule has 2 heterocycles. The largest absolute Gasteiger partial charge is 0.378 e. The maximum atomic E-state index is 11.9. The van der Waals surface area contributed by atoms with Crippen LogP contribution in [0.15, 0.2) is 16.3 Å². The molecule has 1 aliphatic heterocycles. The van der Waals surface area contributed by atoms with E-state index in [9.17, 15) is 8.42 Å². The molecule has 1 fully saturated rings. The Balaban J connectivity index is 1.85. The van der Waals surface area contributed by atoms with Gasteiger partial charge in [-0.2, -0.15) is 0 Å². The second kappa shape index (κ2) is 5.48. The van der Waals surface area contributed by atoms with Crippen molar-refractivity contribution in [3.63, 3.8) is 0 Å². The Morgan fingerprint density at radius 2 is 2.35 bits per heavy atom. The molecule has 4 nitrogen and oxygen atoms in total. The molecule has 0 aliphatic carbocycles. The second-order valence-corrected chi connectivity index (χ2v) is 7.47. The third-order valence-electron chi connectivity index (χ3n) is 2.76. The summed E-state index contributed by atoms with van der Waals surface area (Å²) < 4.78 is 32.2. The summed E-state index contributed by atoms with van der Waals surface area (Å²) >= 11 is 1.30. The molecular weight excluding hydrogens is 258 g/mol. The monoisotopic (exact) mass is 275 g/mol. The standard InChI is InChI=1S/C11H17NO3S2/c1-9-4-5-11(16-9)17(13,14)12-7-6-10-3-2-8-15-10/h4-5,10,12H,2-3,6-8H2,1H3/t10-/m0/s1. The molecule has 1 saturated heterocycles. The van der Waals surface area contributed by atoms with E-state index in [1.54, 1.807) is 6.07 Å². The van der Waals surface area contributed by atoms with Gasteiger partial charge in [0.15, 0.2) is 0 Å². The summed E-state index contributed by atoms with van der Waals surface area (Å²) in [5.74, 6) is 0. The third kappa shape index (κ3) is 3.51. The van der Waals surface area contributed by atoms with Crippen molar-refractivity contribution in [3.05, 3.63) is 17.0 Å². The van der Waals surface area contributed by atoms with Crippen molar-refractivity contribution in [1.29, 1.82) is 0 Å². The number of sulfonamides is 1. The molecule has 0 spiro atoms. The van der Waals surface area contributed by atoms with Gasteiger partial charge in [0.1, 0.15) is 4.21 Å². The maximum absolute atomic E-state index is 11.9. The van der Waals surface area contributed by atoms with Gasteiger partial charge in [0.25, 0.3) is 0 Å². The van der Waals surface area contributed by atoms with Gasteiger partial charge in [0, 0.05) is 18.0 Å². The first-order valence-electron chi connectivity index (χ1n) is 5.75. The van der Waals surface area contributed by atoms with Gasteiger partial charge in [-0.1, -0.05) is 0 Å². The van der Waals surface area contributed by atoms with E-state index >= 15 is 0 Å². The van der Waals surface area contributed by atoms with E-state index in [1.807, 2.05) is 13.0 Å². The van der Waals surface area contributed by atoms with E-state index in [0.29, 0.717) is 10.8 Å². The Hall–Kier alpha value is -0.430. The van der Waals surface area contributed by atoms with E-state index < -0.39 is 10.0 Å². The lowest BCUT2D eigenvalue weighted by Gasteiger charge is -2.09. The van der Waals surface area contributed by atoms with E-state index in [-0.39, 0.29) is 6.10 Å². The lowest BCUT2D eigenvalue weighted by molar-refractivity contribution is 0.105. The van der Waals surface area contributed by atoms with Crippen LogP contribution in [-0.4, -0.2) is 27.7 Å². The molecule has 0 radical (unpaired) electrons. The smallest absolute Gasteiger partial charge is 0.250 e. The Bertz CT molecular complexity index is 461. The van der Waals surface area contributed by atoms with Crippen LogP contribution in [0.4, 0.5) is 0 Å². The Morgan fingerprint density at radius 3 is 2.94 bits per heavy atom. The number of hydrogen-bond acceptors (Lipinski definition) is 4. The summed E-state index contributed by atoms with van der Waals surface area (Å²) in [6.07, 6.45) is 3.10. The zero-order valence-electron chi connectivity index (χ0n) is 9.81. The number of thiophene rings is 1. The highest BCUT2D eigenvalue weighted by atomic mass is 32.2. The highest BCUT2D eigenvalue weighted by Crippen LogP contribution is 2.20. The molecule has 1 aromatic rings. The lowest BCUT2D eigenvalue weighted by atomic mass is 10.2. The van der Waals surface area contributed by atoms with Crippen LogP contribution in [0.1, 0.15) is 24.1 Å². The van der Waals surface area contributed by atoms with Crippen molar-refractivity contribution in [2.45, 2.75) is 36.5 Å². The van der Waals surface area contributed by atoms with Crippen LogP contribution >= 0.6 is 11.3 Å². The minimum absolute atomic E-state index is 0.225. The quantitative estimate of drug-likeness (QED) is 0.893. The van der Waals surface area contributed by atoms with Crippen molar-refractivity contribution >= 4 is 21.4 Å². The summed E-state index contributed by atoms with van der Waals surface area (Å²) in [4.78, 5) is 1.00. The van der Waals surface area contributed by atoms with Crippen LogP contribution in [0.3, 0.4) is 0 Å². The van der Waals surface area contributed by atoms with Crippen molar-refractivity contribution in [2.24, 2.45) is 0 Å². The van der Waals surface area contributed by atoms with E-state index in [2.05, 4.69) is 4.72 Å². The average Bonchev–Trinajstić information content (AvgIpc) is 2.89. The normalized spacial score (nSPS) is 20.9. The fraction of sp³-hybridized carbons (Fsp3) is 0.636. The van der Waals surface area contributed by atoms with Crippen molar-refractivity contribution in [2.75, 3.05) is 13.2 Å². The van der Waals surface area contributed by atoms with E-state index in [4.69, 9.17) is 4.74 Å². The molecule has 0 aromatic carbocycles. The zero-order chi connectivity index (χ0) is 12.3. The Morgan fingerprint density at radius 1 is 1.53 bits per heavy atom. The molecule has 6 heteroatoms. The van der Waals surface area contributed by atoms with Gasteiger partial charge in [-0.05, 0) is 38.3 Å². The molecule has 2 rings (SSSR count). The van der Waals surface area contributed by atoms with Crippen LogP contribution in [0.5, 0.6) is 0 Å². The molecule has 0 saturated carbocycles. The summed E-state index contributed by atoms with van der Waals surface area (Å²) in [5, 5.41) is 0. The van der Waals surface area contributed by atoms with Gasteiger partial charge in [-0.25, -0.2) is 13.1 Å². The summed E-state index contributed by atoms with van der Waals surface area (Å²) in [7, 11) is -3.32. The first kappa shape index (κ1) is 13.0. The molecular formula is C11H17NO3S2. The molecule has 1 atom stereocenters. The van der Waals surface area contributed by atoms with Crippen LogP contribution in [0.2, 0.25) is 0 Å². The maximum Gasteiger partial charge on any atom is 0.250 e. The molecule has 0 amide bonds. The number of nitrogens with one attached hydrogen (secondary N) is 1. The van der Waals surface area contributed by atoms with Crippen molar-refractivity contribution in [1.82, 2.24) is 4.72 Å². The minimum atomic E-state index is -3.32. The first-order chi connectivity index (χ1) is 8.08. The molecule has 1 aliphatic rings. The second-order valence-electron chi connectivity index (χ2n) is 4.19. The van der Waals surface area contributed by atoms with Gasteiger partial charge in [0.05, 0.1) is 6.10 Å². The molecule has 96 valence electrons. The number of hydrogen-bond donors (Lipinski definition) is 1. The van der Waals surface area contributed by atoms with E-state index in [0.717, 1.165) is 30.7 Å². The fourth-order valence-corrected chi connectivity index (χ4v) is 4.23. The number of rotatable bonds is 5. The highest BCUT2D eigenvalue weighted by molar-refractivity contribution is 7.91. The average molecular weight is 275 g/mol. The van der Waals surface area contributed by atoms with Crippen molar-refractivity contribution < 1.29 is 13.2 Å². The van der Waals surface area contributed by atoms with E-state index in [1.165, 1.54) is 11.3 Å². The van der Waals surface area contributed by atoms with Crippen molar-refractivity contribution in [3.8, 4) is 0 Å². The molecule has 1 N–H and O–H groups in total. The van der Waals surface area contributed by atoms with Crippen LogP contribution in [0, 0.1) is 6.92 Å². The van der Waals surface area contributed by atoms with Gasteiger partial charge >= 0.3 is 0 Å². The fourth-order valence-electron chi connectivity index (χ4n) is 1.85. The predicted octanol–water partition coefficient (Wildman–Crippen LogP) is 1.90. The SMILES string of the molecule is Cc1ccc(S(=O)(=O)NCC[C@@H]2CCCO2)s1. The van der Waals surface area contributed by atoms with Crippen LogP contribution < -0.4 is 4.72 Å². The Kier molecular flexibility index (Phi) is 4.19. The number of aryl methyl sites for hydroxylation is 1. The topological polar surface area (TPSA) is 55.4 Å². The van der Waals surface area contributed by atoms with Gasteiger partial charge in [-0.15, -0.1) is 11.3 Å². The minimum Gasteiger partial charge on any atom is -0.378 e. The van der Waals surface area contributed by atoms with Gasteiger partial charge in [-0.3, -0.25) is 0 Å². The predicted molar refractivity (Wildman–Crippen MR) is 67.8 cm³/mol. The highest BCUT2D eigenvalue weighted by Gasteiger charge is 2.18. The van der Waals surface area contributed by atoms with Crippen LogP contribution in [0.25, 0.3) is 0 Å². The van der Waals surface area contributed by atoms with Gasteiger partial charge < -0.3 is 4.74 Å². The summed E-state index contributed by atoms with van der Waals surface area (Å²) in [6, 6.07) is 3.47. The summed E-state index contributed by atoms with van der Waals surface area (Å²) in [5.41, 5.74) is 0.